The van der Waals surface area contributed by atoms with Gasteiger partial charge in [-0.25, -0.2) is 0 Å². The van der Waals surface area contributed by atoms with Crippen molar-refractivity contribution < 1.29 is 5.11 Å². The van der Waals surface area contributed by atoms with E-state index in [1.807, 2.05) is 6.07 Å². The molecule has 0 saturated heterocycles. The fourth-order valence-corrected chi connectivity index (χ4v) is 4.44. The van der Waals surface area contributed by atoms with Crippen molar-refractivity contribution in [2.45, 2.75) is 77.6 Å². The lowest BCUT2D eigenvalue weighted by Gasteiger charge is -2.35. The normalized spacial score (nSPS) is 18.6. The summed E-state index contributed by atoms with van der Waals surface area (Å²) in [7, 11) is 0. The van der Waals surface area contributed by atoms with Crippen molar-refractivity contribution in [3.63, 3.8) is 0 Å². The molecule has 1 fully saturated rings. The fourth-order valence-electron chi connectivity index (χ4n) is 4.44. The maximum Gasteiger partial charge on any atom is 0.119 e. The van der Waals surface area contributed by atoms with Gasteiger partial charge in [-0.05, 0) is 41.7 Å². The monoisotopic (exact) mass is 303 g/mol. The Morgan fingerprint density at radius 2 is 1.68 bits per heavy atom. The molecule has 2 nitrogen and oxygen atoms in total. The molecule has 124 valence electrons. The highest BCUT2D eigenvalue weighted by molar-refractivity contribution is 5.44. The van der Waals surface area contributed by atoms with Crippen LogP contribution in [-0.2, 0) is 10.8 Å². The van der Waals surface area contributed by atoms with Gasteiger partial charge in [-0.15, -0.1) is 0 Å². The topological polar surface area (TPSA) is 46.2 Å². The minimum Gasteiger partial charge on any atom is -0.508 e. The molecule has 22 heavy (non-hydrogen) atoms. The second kappa shape index (κ2) is 5.88. The van der Waals surface area contributed by atoms with Crippen LogP contribution in [0, 0.1) is 5.41 Å². The summed E-state index contributed by atoms with van der Waals surface area (Å²) in [6.07, 6.45) is 5.73. The molecule has 1 aromatic rings. The van der Waals surface area contributed by atoms with Crippen molar-refractivity contribution >= 4 is 0 Å². The molecule has 3 N–H and O–H groups in total. The number of benzene rings is 1. The summed E-state index contributed by atoms with van der Waals surface area (Å²) in [5, 5.41) is 10.4. The standard InChI is InChI=1S/C20H33NO/c1-18(2,3)13-19(4,5)15-8-9-17(22)16(12-15)20(14-21)10-6-7-11-20/h8-9,12,22H,6-7,10-11,13-14,21H2,1-5H3. The number of hydrogen-bond donors (Lipinski definition) is 2. The predicted molar refractivity (Wildman–Crippen MR) is 94.4 cm³/mol. The van der Waals surface area contributed by atoms with Gasteiger partial charge < -0.3 is 10.8 Å². The first-order chi connectivity index (χ1) is 10.1. The highest BCUT2D eigenvalue weighted by atomic mass is 16.3. The van der Waals surface area contributed by atoms with Crippen molar-refractivity contribution in [3.05, 3.63) is 29.3 Å². The van der Waals surface area contributed by atoms with Crippen molar-refractivity contribution in [1.29, 1.82) is 0 Å². The van der Waals surface area contributed by atoms with Crippen LogP contribution < -0.4 is 5.73 Å². The van der Waals surface area contributed by atoms with Crippen LogP contribution in [0.1, 0.15) is 77.8 Å². The summed E-state index contributed by atoms with van der Waals surface area (Å²) in [5.74, 6) is 0.419. The van der Waals surface area contributed by atoms with Gasteiger partial charge in [0.2, 0.25) is 0 Å². The van der Waals surface area contributed by atoms with Gasteiger partial charge in [0.15, 0.2) is 0 Å². The van der Waals surface area contributed by atoms with E-state index in [1.165, 1.54) is 18.4 Å². The molecule has 0 radical (unpaired) electrons. The van der Waals surface area contributed by atoms with Gasteiger partial charge in [0.05, 0.1) is 0 Å². The van der Waals surface area contributed by atoms with Crippen LogP contribution in [0.2, 0.25) is 0 Å². The van der Waals surface area contributed by atoms with Gasteiger partial charge in [-0.3, -0.25) is 0 Å². The molecule has 0 atom stereocenters. The number of phenolic OH excluding ortho intramolecular Hbond substituents is 1. The average molecular weight is 303 g/mol. The van der Waals surface area contributed by atoms with Crippen molar-refractivity contribution in [2.24, 2.45) is 11.1 Å². The Kier molecular flexibility index (Phi) is 4.64. The van der Waals surface area contributed by atoms with Gasteiger partial charge in [0, 0.05) is 17.5 Å². The largest absolute Gasteiger partial charge is 0.508 e. The maximum absolute atomic E-state index is 10.4. The van der Waals surface area contributed by atoms with E-state index in [0.29, 0.717) is 12.3 Å². The van der Waals surface area contributed by atoms with Crippen LogP contribution in [0.4, 0.5) is 0 Å². The van der Waals surface area contributed by atoms with E-state index in [1.54, 1.807) is 0 Å². The van der Waals surface area contributed by atoms with E-state index < -0.39 is 0 Å². The molecule has 1 aliphatic carbocycles. The van der Waals surface area contributed by atoms with Crippen molar-refractivity contribution in [2.75, 3.05) is 6.54 Å². The van der Waals surface area contributed by atoms with E-state index in [9.17, 15) is 5.11 Å². The van der Waals surface area contributed by atoms with Crippen LogP contribution in [-0.4, -0.2) is 11.7 Å². The Labute approximate surface area is 136 Å². The molecule has 0 amide bonds. The molecule has 1 saturated carbocycles. The van der Waals surface area contributed by atoms with Crippen molar-refractivity contribution in [3.8, 4) is 5.75 Å². The minimum atomic E-state index is -0.0160. The third kappa shape index (κ3) is 3.48. The molecule has 0 aromatic heterocycles. The third-order valence-corrected chi connectivity index (χ3v) is 5.27. The van der Waals surface area contributed by atoms with Crippen LogP contribution >= 0.6 is 0 Å². The number of aromatic hydroxyl groups is 1. The van der Waals surface area contributed by atoms with Crippen LogP contribution in [0.5, 0.6) is 5.75 Å². The number of nitrogens with two attached hydrogens (primary N) is 1. The molecule has 0 heterocycles. The second-order valence-corrected chi connectivity index (χ2v) is 9.04. The summed E-state index contributed by atoms with van der Waals surface area (Å²) in [4.78, 5) is 0. The summed E-state index contributed by atoms with van der Waals surface area (Å²) in [6.45, 7) is 12.1. The molecule has 2 heteroatoms. The molecular formula is C20H33NO. The second-order valence-electron chi connectivity index (χ2n) is 9.04. The van der Waals surface area contributed by atoms with E-state index in [0.717, 1.165) is 24.8 Å². The summed E-state index contributed by atoms with van der Waals surface area (Å²) in [5.41, 5.74) is 8.86. The zero-order valence-electron chi connectivity index (χ0n) is 15.0. The smallest absolute Gasteiger partial charge is 0.119 e. The molecular weight excluding hydrogens is 270 g/mol. The summed E-state index contributed by atoms with van der Waals surface area (Å²) < 4.78 is 0. The lowest BCUT2D eigenvalue weighted by molar-refractivity contribution is 0.283. The van der Waals surface area contributed by atoms with E-state index in [-0.39, 0.29) is 16.2 Å². The highest BCUT2D eigenvalue weighted by Crippen LogP contribution is 2.46. The Bertz CT molecular complexity index is 519. The van der Waals surface area contributed by atoms with Gasteiger partial charge in [0.25, 0.3) is 0 Å². The average Bonchev–Trinajstić information content (AvgIpc) is 2.86. The molecule has 0 spiro atoms. The highest BCUT2D eigenvalue weighted by Gasteiger charge is 2.37. The first kappa shape index (κ1) is 17.3. The molecule has 0 aliphatic heterocycles. The van der Waals surface area contributed by atoms with E-state index in [4.69, 9.17) is 5.73 Å². The Morgan fingerprint density at radius 1 is 1.09 bits per heavy atom. The zero-order valence-corrected chi connectivity index (χ0v) is 15.0. The first-order valence-electron chi connectivity index (χ1n) is 8.64. The zero-order chi connectivity index (χ0) is 16.6. The SMILES string of the molecule is CC(C)(C)CC(C)(C)c1ccc(O)c(C2(CN)CCCC2)c1. The Morgan fingerprint density at radius 3 is 2.18 bits per heavy atom. The van der Waals surface area contributed by atoms with Gasteiger partial charge in [0.1, 0.15) is 5.75 Å². The fraction of sp³-hybridized carbons (Fsp3) is 0.700. The molecule has 1 aliphatic rings. The third-order valence-electron chi connectivity index (χ3n) is 5.27. The molecule has 0 unspecified atom stereocenters. The maximum atomic E-state index is 10.4. The quantitative estimate of drug-likeness (QED) is 0.833. The van der Waals surface area contributed by atoms with Gasteiger partial charge in [-0.2, -0.15) is 0 Å². The van der Waals surface area contributed by atoms with Gasteiger partial charge in [-0.1, -0.05) is 59.6 Å². The van der Waals surface area contributed by atoms with Gasteiger partial charge >= 0.3 is 0 Å². The van der Waals surface area contributed by atoms with Crippen LogP contribution in [0.3, 0.4) is 0 Å². The van der Waals surface area contributed by atoms with E-state index >= 15 is 0 Å². The van der Waals surface area contributed by atoms with Crippen LogP contribution in [0.25, 0.3) is 0 Å². The minimum absolute atomic E-state index is 0.0160. The molecule has 1 aromatic carbocycles. The van der Waals surface area contributed by atoms with Crippen LogP contribution in [0.15, 0.2) is 18.2 Å². The first-order valence-corrected chi connectivity index (χ1v) is 8.64. The lowest BCUT2D eigenvalue weighted by Crippen LogP contribution is -2.33. The van der Waals surface area contributed by atoms with Crippen molar-refractivity contribution in [1.82, 2.24) is 0 Å². The Balaban J connectivity index is 2.42. The lowest BCUT2D eigenvalue weighted by atomic mass is 9.70. The predicted octanol–water partition coefficient (Wildman–Crippen LogP) is 4.88. The Hall–Kier alpha value is -1.02. The number of hydrogen-bond acceptors (Lipinski definition) is 2. The summed E-state index contributed by atoms with van der Waals surface area (Å²) >= 11 is 0. The molecule has 0 bridgehead atoms. The van der Waals surface area contributed by atoms with E-state index in [2.05, 4.69) is 46.8 Å². The molecule has 2 rings (SSSR count). The number of phenols is 1. The summed E-state index contributed by atoms with van der Waals surface area (Å²) in [6, 6.07) is 6.20. The number of rotatable bonds is 4.